The highest BCUT2D eigenvalue weighted by Crippen LogP contribution is 2.18. The molecule has 2 rings (SSSR count). The SMILES string of the molecule is CC(=O)Nc1ccc(OC[C@@H](O)CSc2ccccn2)cc1. The van der Waals surface area contributed by atoms with E-state index in [-0.39, 0.29) is 12.5 Å². The Balaban J connectivity index is 1.73. The van der Waals surface area contributed by atoms with Gasteiger partial charge in [-0.1, -0.05) is 6.07 Å². The number of aliphatic hydroxyl groups excluding tert-OH is 1. The van der Waals surface area contributed by atoms with Crippen LogP contribution in [-0.2, 0) is 4.79 Å². The van der Waals surface area contributed by atoms with Gasteiger partial charge in [0, 0.05) is 24.6 Å². The van der Waals surface area contributed by atoms with E-state index >= 15 is 0 Å². The number of aromatic nitrogens is 1. The van der Waals surface area contributed by atoms with Gasteiger partial charge >= 0.3 is 0 Å². The normalized spacial score (nSPS) is 11.7. The van der Waals surface area contributed by atoms with E-state index in [4.69, 9.17) is 4.74 Å². The molecule has 1 atom stereocenters. The van der Waals surface area contributed by atoms with E-state index in [1.54, 1.807) is 30.5 Å². The van der Waals surface area contributed by atoms with Crippen LogP contribution in [0.3, 0.4) is 0 Å². The van der Waals surface area contributed by atoms with Crippen LogP contribution in [0.5, 0.6) is 5.75 Å². The third-order valence-electron chi connectivity index (χ3n) is 2.68. The predicted molar refractivity (Wildman–Crippen MR) is 87.2 cm³/mol. The molecule has 0 aliphatic heterocycles. The van der Waals surface area contributed by atoms with Gasteiger partial charge in [0.15, 0.2) is 0 Å². The van der Waals surface area contributed by atoms with Crippen molar-refractivity contribution in [3.63, 3.8) is 0 Å². The number of anilines is 1. The summed E-state index contributed by atoms with van der Waals surface area (Å²) in [5, 5.41) is 13.5. The molecule has 22 heavy (non-hydrogen) atoms. The maximum Gasteiger partial charge on any atom is 0.221 e. The van der Waals surface area contributed by atoms with Gasteiger partial charge in [0.1, 0.15) is 12.4 Å². The molecule has 0 spiro atoms. The lowest BCUT2D eigenvalue weighted by Gasteiger charge is -2.12. The van der Waals surface area contributed by atoms with E-state index in [1.165, 1.54) is 18.7 Å². The molecular formula is C16H18N2O3S. The van der Waals surface area contributed by atoms with Gasteiger partial charge in [0.25, 0.3) is 0 Å². The minimum absolute atomic E-state index is 0.115. The van der Waals surface area contributed by atoms with Crippen molar-refractivity contribution in [1.29, 1.82) is 0 Å². The largest absolute Gasteiger partial charge is 0.491 e. The molecule has 0 unspecified atom stereocenters. The second-order valence-corrected chi connectivity index (χ2v) is 5.69. The van der Waals surface area contributed by atoms with Crippen LogP contribution in [-0.4, -0.2) is 34.5 Å². The molecule has 0 fully saturated rings. The van der Waals surface area contributed by atoms with E-state index in [1.807, 2.05) is 18.2 Å². The Bertz CT molecular complexity index is 590. The molecule has 2 aromatic rings. The summed E-state index contributed by atoms with van der Waals surface area (Å²) in [6, 6.07) is 12.7. The molecule has 6 heteroatoms. The third-order valence-corrected chi connectivity index (χ3v) is 3.77. The fourth-order valence-corrected chi connectivity index (χ4v) is 2.46. The average molecular weight is 318 g/mol. The van der Waals surface area contributed by atoms with E-state index in [0.717, 1.165) is 5.03 Å². The summed E-state index contributed by atoms with van der Waals surface area (Å²) < 4.78 is 5.52. The number of pyridine rings is 1. The maximum absolute atomic E-state index is 10.9. The number of nitrogens with zero attached hydrogens (tertiary/aromatic N) is 1. The van der Waals surface area contributed by atoms with Gasteiger partial charge in [0.05, 0.1) is 11.1 Å². The summed E-state index contributed by atoms with van der Waals surface area (Å²) in [7, 11) is 0. The van der Waals surface area contributed by atoms with Crippen LogP contribution in [0, 0.1) is 0 Å². The number of amides is 1. The predicted octanol–water partition coefficient (Wildman–Crippen LogP) is 2.57. The monoisotopic (exact) mass is 318 g/mol. The van der Waals surface area contributed by atoms with Gasteiger partial charge in [-0.05, 0) is 36.4 Å². The second kappa shape index (κ2) is 8.41. The van der Waals surface area contributed by atoms with Crippen molar-refractivity contribution in [3.8, 4) is 5.75 Å². The zero-order valence-corrected chi connectivity index (χ0v) is 13.0. The molecule has 5 nitrogen and oxygen atoms in total. The Morgan fingerprint density at radius 3 is 2.73 bits per heavy atom. The van der Waals surface area contributed by atoms with Crippen LogP contribution in [0.1, 0.15) is 6.92 Å². The molecular weight excluding hydrogens is 300 g/mol. The number of carbonyl (C=O) groups excluding carboxylic acids is 1. The smallest absolute Gasteiger partial charge is 0.221 e. The molecule has 116 valence electrons. The number of hydrogen-bond donors (Lipinski definition) is 2. The molecule has 0 radical (unpaired) electrons. The molecule has 1 aromatic carbocycles. The first-order valence-corrected chi connectivity index (χ1v) is 7.84. The summed E-state index contributed by atoms with van der Waals surface area (Å²) in [5.41, 5.74) is 0.714. The summed E-state index contributed by atoms with van der Waals surface area (Å²) in [6.07, 6.45) is 1.14. The van der Waals surface area contributed by atoms with Crippen molar-refractivity contribution >= 4 is 23.4 Å². The van der Waals surface area contributed by atoms with Gasteiger partial charge in [-0.2, -0.15) is 0 Å². The number of thioether (sulfide) groups is 1. The van der Waals surface area contributed by atoms with Crippen molar-refractivity contribution in [3.05, 3.63) is 48.7 Å². The van der Waals surface area contributed by atoms with Gasteiger partial charge in [-0.3, -0.25) is 4.79 Å². The molecule has 0 saturated heterocycles. The number of hydrogen-bond acceptors (Lipinski definition) is 5. The molecule has 2 N–H and O–H groups in total. The van der Waals surface area contributed by atoms with Crippen molar-refractivity contribution in [2.75, 3.05) is 17.7 Å². The maximum atomic E-state index is 10.9. The Morgan fingerprint density at radius 1 is 1.32 bits per heavy atom. The quantitative estimate of drug-likeness (QED) is 0.768. The summed E-state index contributed by atoms with van der Waals surface area (Å²) in [5.74, 6) is 1.05. The summed E-state index contributed by atoms with van der Waals surface area (Å²) in [4.78, 5) is 15.1. The van der Waals surface area contributed by atoms with Crippen molar-refractivity contribution < 1.29 is 14.6 Å². The van der Waals surface area contributed by atoms with E-state index in [2.05, 4.69) is 10.3 Å². The lowest BCUT2D eigenvalue weighted by atomic mass is 10.3. The molecule has 0 bridgehead atoms. The van der Waals surface area contributed by atoms with Crippen LogP contribution in [0.25, 0.3) is 0 Å². The summed E-state index contributed by atoms with van der Waals surface area (Å²) in [6.45, 7) is 1.67. The highest BCUT2D eigenvalue weighted by Gasteiger charge is 2.07. The zero-order valence-electron chi connectivity index (χ0n) is 12.2. The molecule has 0 aliphatic carbocycles. The summed E-state index contributed by atoms with van der Waals surface area (Å²) >= 11 is 1.48. The number of aliphatic hydroxyl groups is 1. The molecule has 1 aromatic heterocycles. The Labute approximate surface area is 133 Å². The van der Waals surface area contributed by atoms with Crippen LogP contribution < -0.4 is 10.1 Å². The third kappa shape index (κ3) is 5.75. The fraction of sp³-hybridized carbons (Fsp3) is 0.250. The second-order valence-electron chi connectivity index (χ2n) is 4.65. The first kappa shape index (κ1) is 16.3. The van der Waals surface area contributed by atoms with Crippen LogP contribution in [0.15, 0.2) is 53.7 Å². The number of carbonyl (C=O) groups is 1. The van der Waals surface area contributed by atoms with Gasteiger partial charge in [-0.25, -0.2) is 4.98 Å². The minimum Gasteiger partial charge on any atom is -0.491 e. The molecule has 0 aliphatic rings. The van der Waals surface area contributed by atoms with Crippen molar-refractivity contribution in [1.82, 2.24) is 4.98 Å². The van der Waals surface area contributed by atoms with Crippen LogP contribution in [0.4, 0.5) is 5.69 Å². The highest BCUT2D eigenvalue weighted by molar-refractivity contribution is 7.99. The van der Waals surface area contributed by atoms with Crippen LogP contribution >= 0.6 is 11.8 Å². The topological polar surface area (TPSA) is 71.5 Å². The Morgan fingerprint density at radius 2 is 2.09 bits per heavy atom. The fourth-order valence-electron chi connectivity index (χ4n) is 1.69. The number of benzene rings is 1. The van der Waals surface area contributed by atoms with Crippen molar-refractivity contribution in [2.45, 2.75) is 18.1 Å². The van der Waals surface area contributed by atoms with E-state index in [9.17, 15) is 9.90 Å². The molecule has 1 amide bonds. The Kier molecular flexibility index (Phi) is 6.24. The van der Waals surface area contributed by atoms with E-state index < -0.39 is 6.10 Å². The lowest BCUT2D eigenvalue weighted by molar-refractivity contribution is -0.114. The number of ether oxygens (including phenoxy) is 1. The van der Waals surface area contributed by atoms with E-state index in [0.29, 0.717) is 17.2 Å². The first-order valence-electron chi connectivity index (χ1n) is 6.86. The molecule has 1 heterocycles. The average Bonchev–Trinajstić information content (AvgIpc) is 2.53. The van der Waals surface area contributed by atoms with Crippen molar-refractivity contribution in [2.24, 2.45) is 0 Å². The standard InChI is InChI=1S/C16H18N2O3S/c1-12(19)18-13-5-7-15(8-6-13)21-10-14(20)11-22-16-4-2-3-9-17-16/h2-9,14,20H,10-11H2,1H3,(H,18,19)/t14-/m1/s1. The van der Waals surface area contributed by atoms with Gasteiger partial charge in [0.2, 0.25) is 5.91 Å². The highest BCUT2D eigenvalue weighted by atomic mass is 32.2. The van der Waals surface area contributed by atoms with Gasteiger partial charge < -0.3 is 15.2 Å². The van der Waals surface area contributed by atoms with Gasteiger partial charge in [-0.15, -0.1) is 11.8 Å². The number of rotatable bonds is 7. The number of nitrogens with one attached hydrogen (secondary N) is 1. The lowest BCUT2D eigenvalue weighted by Crippen LogP contribution is -2.20. The zero-order chi connectivity index (χ0) is 15.8. The Hall–Kier alpha value is -2.05. The van der Waals surface area contributed by atoms with Crippen LogP contribution in [0.2, 0.25) is 0 Å². The molecule has 0 saturated carbocycles. The minimum atomic E-state index is -0.581. The first-order chi connectivity index (χ1) is 10.6.